The lowest BCUT2D eigenvalue weighted by atomic mass is 10.1. The number of benzene rings is 1. The van der Waals surface area contributed by atoms with Crippen molar-refractivity contribution in [2.24, 2.45) is 0 Å². The fraction of sp³-hybridized carbons (Fsp3) is 0.150. The highest BCUT2D eigenvalue weighted by molar-refractivity contribution is 5.66. The van der Waals surface area contributed by atoms with Gasteiger partial charge in [-0.05, 0) is 38.0 Å². The Morgan fingerprint density at radius 1 is 1.21 bits per heavy atom. The first kappa shape index (κ1) is 17.8. The molecule has 2 heterocycles. The molecule has 0 saturated heterocycles. The molecule has 1 aliphatic rings. The van der Waals surface area contributed by atoms with Gasteiger partial charge in [-0.25, -0.2) is 9.37 Å². The predicted molar refractivity (Wildman–Crippen MR) is 102 cm³/mol. The van der Waals surface area contributed by atoms with E-state index in [1.807, 2.05) is 26.0 Å². The average molecular weight is 381 g/mol. The predicted octanol–water partition coefficient (Wildman–Crippen LogP) is 5.01. The number of hydrogen-bond acceptors (Lipinski definition) is 5. The van der Waals surface area contributed by atoms with Crippen LogP contribution in [0.25, 0.3) is 12.2 Å². The van der Waals surface area contributed by atoms with Gasteiger partial charge < -0.3 is 10.1 Å². The van der Waals surface area contributed by atoms with Crippen molar-refractivity contribution in [2.75, 3.05) is 5.32 Å². The molecule has 4 rings (SSSR count). The second-order valence-electron chi connectivity index (χ2n) is 6.39. The summed E-state index contributed by atoms with van der Waals surface area (Å²) < 4.78 is 34.9. The Morgan fingerprint density at radius 3 is 2.89 bits per heavy atom. The number of aromatic nitrogens is 4. The summed E-state index contributed by atoms with van der Waals surface area (Å²) in [6.07, 6.45) is 7.25. The van der Waals surface area contributed by atoms with Crippen molar-refractivity contribution in [1.29, 1.82) is 0 Å². The molecular weight excluding hydrogens is 364 g/mol. The lowest BCUT2D eigenvalue weighted by Gasteiger charge is -2.11. The summed E-state index contributed by atoms with van der Waals surface area (Å²) in [5, 5.41) is 9.56. The van der Waals surface area contributed by atoms with Crippen LogP contribution in [0.5, 0.6) is 11.6 Å². The lowest BCUT2D eigenvalue weighted by molar-refractivity contribution is 0.397. The minimum atomic E-state index is -0.843. The van der Waals surface area contributed by atoms with Crippen LogP contribution in [-0.2, 0) is 6.42 Å². The molecule has 28 heavy (non-hydrogen) atoms. The van der Waals surface area contributed by atoms with E-state index in [0.29, 0.717) is 17.8 Å². The molecule has 0 amide bonds. The number of ether oxygens (including phenoxy) is 1. The number of anilines is 2. The first-order valence-electron chi connectivity index (χ1n) is 8.67. The summed E-state index contributed by atoms with van der Waals surface area (Å²) in [6, 6.07) is 4.94. The molecule has 0 saturated carbocycles. The molecule has 1 aromatic carbocycles. The molecule has 8 heteroatoms. The van der Waals surface area contributed by atoms with Crippen molar-refractivity contribution in [3.05, 3.63) is 64.6 Å². The highest BCUT2D eigenvalue weighted by Gasteiger charge is 2.21. The van der Waals surface area contributed by atoms with Crippen LogP contribution in [0, 0.1) is 11.6 Å². The SMILES string of the molecule is C/C=C/c1cc(Nc2ncnc(Oc3ccc4c(c3F)C=C(C)C4)c2F)n[nH]1. The van der Waals surface area contributed by atoms with Crippen LogP contribution in [0.15, 0.2) is 36.2 Å². The summed E-state index contributed by atoms with van der Waals surface area (Å²) >= 11 is 0. The molecule has 3 aromatic rings. The van der Waals surface area contributed by atoms with Crippen LogP contribution < -0.4 is 10.1 Å². The number of nitrogens with one attached hydrogen (secondary N) is 2. The number of allylic oxidation sites excluding steroid dienone is 2. The molecule has 0 bridgehead atoms. The third kappa shape index (κ3) is 3.36. The summed E-state index contributed by atoms with van der Waals surface area (Å²) in [4.78, 5) is 7.66. The van der Waals surface area contributed by atoms with E-state index in [9.17, 15) is 8.78 Å². The monoisotopic (exact) mass is 381 g/mol. The van der Waals surface area contributed by atoms with E-state index in [-0.39, 0.29) is 17.4 Å². The molecular formula is C20H17F2N5O. The molecule has 0 radical (unpaired) electrons. The van der Waals surface area contributed by atoms with Gasteiger partial charge in [-0.15, -0.1) is 0 Å². The number of rotatable bonds is 5. The standard InChI is InChI=1S/C20H17F2N5O/c1-3-4-13-9-16(27-26-13)25-19-18(22)20(24-10-23-19)28-15-6-5-12-7-11(2)8-14(12)17(15)21/h3-6,8-10H,7H2,1-2H3,(H2,23,24,25,26,27)/b4-3+. The topological polar surface area (TPSA) is 75.7 Å². The highest BCUT2D eigenvalue weighted by Crippen LogP contribution is 2.35. The number of hydrogen-bond donors (Lipinski definition) is 2. The Labute approximate surface area is 160 Å². The van der Waals surface area contributed by atoms with E-state index in [0.717, 1.165) is 23.2 Å². The van der Waals surface area contributed by atoms with Gasteiger partial charge in [0.15, 0.2) is 23.2 Å². The largest absolute Gasteiger partial charge is 0.433 e. The Balaban J connectivity index is 1.60. The van der Waals surface area contributed by atoms with Gasteiger partial charge in [-0.2, -0.15) is 14.5 Å². The van der Waals surface area contributed by atoms with Crippen LogP contribution in [-0.4, -0.2) is 20.2 Å². The van der Waals surface area contributed by atoms with E-state index in [4.69, 9.17) is 4.74 Å². The summed E-state index contributed by atoms with van der Waals surface area (Å²) in [7, 11) is 0. The van der Waals surface area contributed by atoms with E-state index in [1.54, 1.807) is 18.2 Å². The van der Waals surface area contributed by atoms with Gasteiger partial charge >= 0.3 is 0 Å². The van der Waals surface area contributed by atoms with Crippen molar-refractivity contribution in [1.82, 2.24) is 20.2 Å². The Morgan fingerprint density at radius 2 is 2.07 bits per heavy atom. The van der Waals surface area contributed by atoms with Crippen LogP contribution >= 0.6 is 0 Å². The summed E-state index contributed by atoms with van der Waals surface area (Å²) in [5.74, 6) is -1.60. The van der Waals surface area contributed by atoms with Crippen molar-refractivity contribution in [3.63, 3.8) is 0 Å². The van der Waals surface area contributed by atoms with Gasteiger partial charge in [0.2, 0.25) is 5.82 Å². The fourth-order valence-electron chi connectivity index (χ4n) is 3.00. The van der Waals surface area contributed by atoms with Gasteiger partial charge in [-0.3, -0.25) is 5.10 Å². The maximum absolute atomic E-state index is 14.8. The van der Waals surface area contributed by atoms with Gasteiger partial charge in [0.1, 0.15) is 6.33 Å². The van der Waals surface area contributed by atoms with Crippen molar-refractivity contribution in [2.45, 2.75) is 20.3 Å². The van der Waals surface area contributed by atoms with Gasteiger partial charge in [0.25, 0.3) is 5.88 Å². The Hall–Kier alpha value is -3.55. The van der Waals surface area contributed by atoms with Gasteiger partial charge in [0.05, 0.1) is 5.69 Å². The number of aromatic amines is 1. The number of fused-ring (bicyclic) bond motifs is 1. The van der Waals surface area contributed by atoms with E-state index in [1.165, 1.54) is 6.07 Å². The highest BCUT2D eigenvalue weighted by atomic mass is 19.1. The molecule has 0 spiro atoms. The minimum absolute atomic E-state index is 0.0941. The molecule has 0 unspecified atom stereocenters. The van der Waals surface area contributed by atoms with Crippen molar-refractivity contribution in [3.8, 4) is 11.6 Å². The molecule has 2 N–H and O–H groups in total. The third-order valence-corrected chi connectivity index (χ3v) is 4.25. The van der Waals surface area contributed by atoms with Gasteiger partial charge in [0, 0.05) is 11.6 Å². The smallest absolute Gasteiger partial charge is 0.261 e. The second-order valence-corrected chi connectivity index (χ2v) is 6.39. The quantitative estimate of drug-likeness (QED) is 0.650. The molecule has 1 aliphatic carbocycles. The fourth-order valence-corrected chi connectivity index (χ4v) is 3.00. The number of halogens is 2. The Bertz CT molecular complexity index is 1100. The van der Waals surface area contributed by atoms with Crippen LogP contribution in [0.1, 0.15) is 30.7 Å². The van der Waals surface area contributed by atoms with E-state index >= 15 is 0 Å². The summed E-state index contributed by atoms with van der Waals surface area (Å²) in [5.41, 5.74) is 3.15. The molecule has 0 aliphatic heterocycles. The number of H-pyrrole nitrogens is 1. The summed E-state index contributed by atoms with van der Waals surface area (Å²) in [6.45, 7) is 3.80. The van der Waals surface area contributed by atoms with E-state index in [2.05, 4.69) is 25.5 Å². The molecule has 2 aromatic heterocycles. The Kier molecular flexibility index (Phi) is 4.60. The maximum atomic E-state index is 14.8. The zero-order chi connectivity index (χ0) is 19.7. The lowest BCUT2D eigenvalue weighted by Crippen LogP contribution is -2.02. The van der Waals surface area contributed by atoms with Crippen molar-refractivity contribution < 1.29 is 13.5 Å². The zero-order valence-electron chi connectivity index (χ0n) is 15.3. The molecule has 6 nitrogen and oxygen atoms in total. The first-order chi connectivity index (χ1) is 13.5. The molecule has 142 valence electrons. The molecule has 0 atom stereocenters. The number of nitrogens with zero attached hydrogens (tertiary/aromatic N) is 3. The van der Waals surface area contributed by atoms with E-state index < -0.39 is 11.6 Å². The second kappa shape index (κ2) is 7.22. The van der Waals surface area contributed by atoms with Crippen LogP contribution in [0.2, 0.25) is 0 Å². The van der Waals surface area contributed by atoms with Crippen molar-refractivity contribution >= 4 is 23.8 Å². The van der Waals surface area contributed by atoms with Crippen LogP contribution in [0.4, 0.5) is 20.4 Å². The van der Waals surface area contributed by atoms with Crippen LogP contribution in [0.3, 0.4) is 0 Å². The minimum Gasteiger partial charge on any atom is -0.433 e. The molecule has 0 fully saturated rings. The normalized spacial score (nSPS) is 12.9. The van der Waals surface area contributed by atoms with Gasteiger partial charge in [-0.1, -0.05) is 23.8 Å². The average Bonchev–Trinajstić information content (AvgIpc) is 3.27. The maximum Gasteiger partial charge on any atom is 0.261 e. The zero-order valence-corrected chi connectivity index (χ0v) is 15.3. The third-order valence-electron chi connectivity index (χ3n) is 4.25. The first-order valence-corrected chi connectivity index (χ1v) is 8.67.